The van der Waals surface area contributed by atoms with Crippen LogP contribution in [-0.4, -0.2) is 6.04 Å². The van der Waals surface area contributed by atoms with Gasteiger partial charge in [0.05, 0.1) is 5.02 Å². The average molecular weight is 258 g/mol. The quantitative estimate of drug-likeness (QED) is 0.756. The van der Waals surface area contributed by atoms with Gasteiger partial charge in [0.25, 0.3) is 0 Å². The largest absolute Gasteiger partial charge is 0.310 e. The molecule has 0 fully saturated rings. The molecule has 1 unspecified atom stereocenters. The standard InChI is InChI=1S/C14H21ClFN/c1-3-5-6-12(4-2)17-10-11-7-8-14(16)13(15)9-11/h7-9,12,17H,3-6,10H2,1-2H3. The predicted octanol–water partition coefficient (Wildman–Crippen LogP) is 4.54. The number of hydrogen-bond donors (Lipinski definition) is 1. The Bertz CT molecular complexity index is 341. The van der Waals surface area contributed by atoms with Crippen LogP contribution in [0.25, 0.3) is 0 Å². The van der Waals surface area contributed by atoms with E-state index in [-0.39, 0.29) is 10.8 Å². The molecule has 17 heavy (non-hydrogen) atoms. The van der Waals surface area contributed by atoms with Crippen LogP contribution in [0.4, 0.5) is 4.39 Å². The summed E-state index contributed by atoms with van der Waals surface area (Å²) in [5, 5.41) is 3.69. The topological polar surface area (TPSA) is 12.0 Å². The zero-order valence-electron chi connectivity index (χ0n) is 10.6. The van der Waals surface area contributed by atoms with Gasteiger partial charge >= 0.3 is 0 Å². The van der Waals surface area contributed by atoms with Crippen molar-refractivity contribution in [2.45, 2.75) is 52.1 Å². The van der Waals surface area contributed by atoms with Crippen molar-refractivity contribution in [1.82, 2.24) is 5.32 Å². The molecule has 0 spiro atoms. The molecule has 3 heteroatoms. The third-order valence-corrected chi connectivity index (χ3v) is 3.27. The second-order valence-corrected chi connectivity index (χ2v) is 4.78. The number of rotatable bonds is 7. The van der Waals surface area contributed by atoms with E-state index in [1.807, 2.05) is 0 Å². The maximum Gasteiger partial charge on any atom is 0.141 e. The van der Waals surface area contributed by atoms with Crippen LogP contribution >= 0.6 is 11.6 Å². The normalized spacial score (nSPS) is 12.7. The van der Waals surface area contributed by atoms with Gasteiger partial charge in [0.2, 0.25) is 0 Å². The molecule has 0 heterocycles. The van der Waals surface area contributed by atoms with Gasteiger partial charge in [-0.05, 0) is 30.5 Å². The van der Waals surface area contributed by atoms with Crippen molar-refractivity contribution in [3.8, 4) is 0 Å². The van der Waals surface area contributed by atoms with Crippen LogP contribution in [0.15, 0.2) is 18.2 Å². The smallest absolute Gasteiger partial charge is 0.141 e. The summed E-state index contributed by atoms with van der Waals surface area (Å²) in [6.07, 6.45) is 4.78. The summed E-state index contributed by atoms with van der Waals surface area (Å²) in [5.41, 5.74) is 1.03. The fourth-order valence-electron chi connectivity index (χ4n) is 1.81. The van der Waals surface area contributed by atoms with E-state index in [1.165, 1.54) is 25.3 Å². The molecule has 0 aliphatic heterocycles. The summed E-state index contributed by atoms with van der Waals surface area (Å²) in [4.78, 5) is 0. The fourth-order valence-corrected chi connectivity index (χ4v) is 2.02. The maximum atomic E-state index is 13.0. The minimum Gasteiger partial charge on any atom is -0.310 e. The van der Waals surface area contributed by atoms with E-state index in [0.717, 1.165) is 18.5 Å². The first-order valence-electron chi connectivity index (χ1n) is 6.34. The van der Waals surface area contributed by atoms with E-state index in [9.17, 15) is 4.39 Å². The van der Waals surface area contributed by atoms with Gasteiger partial charge in [0.15, 0.2) is 0 Å². The Balaban J connectivity index is 2.45. The molecule has 0 amide bonds. The van der Waals surface area contributed by atoms with Crippen molar-refractivity contribution < 1.29 is 4.39 Å². The highest BCUT2D eigenvalue weighted by Crippen LogP contribution is 2.16. The molecular formula is C14H21ClFN. The van der Waals surface area contributed by atoms with E-state index >= 15 is 0 Å². The first-order valence-corrected chi connectivity index (χ1v) is 6.72. The van der Waals surface area contributed by atoms with Crippen LogP contribution in [0.1, 0.15) is 45.1 Å². The molecule has 1 atom stereocenters. The highest BCUT2D eigenvalue weighted by atomic mass is 35.5. The molecule has 0 saturated carbocycles. The second kappa shape index (κ2) is 7.67. The molecule has 1 N–H and O–H groups in total. The molecule has 1 nitrogen and oxygen atoms in total. The van der Waals surface area contributed by atoms with Crippen LogP contribution in [0.3, 0.4) is 0 Å². The average Bonchev–Trinajstić information content (AvgIpc) is 2.34. The number of halogens is 2. The molecule has 0 aliphatic rings. The zero-order chi connectivity index (χ0) is 12.7. The lowest BCUT2D eigenvalue weighted by Gasteiger charge is -2.16. The first-order chi connectivity index (χ1) is 8.17. The zero-order valence-corrected chi connectivity index (χ0v) is 11.4. The molecule has 0 bridgehead atoms. The molecule has 0 radical (unpaired) electrons. The van der Waals surface area contributed by atoms with E-state index in [1.54, 1.807) is 12.1 Å². The Morgan fingerprint density at radius 2 is 2.12 bits per heavy atom. The molecule has 1 aromatic rings. The summed E-state index contributed by atoms with van der Waals surface area (Å²) >= 11 is 5.74. The van der Waals surface area contributed by atoms with Crippen molar-refractivity contribution in [2.24, 2.45) is 0 Å². The van der Waals surface area contributed by atoms with Crippen molar-refractivity contribution in [3.05, 3.63) is 34.6 Å². The number of benzene rings is 1. The van der Waals surface area contributed by atoms with Gasteiger partial charge in [0.1, 0.15) is 5.82 Å². The summed E-state index contributed by atoms with van der Waals surface area (Å²) in [5.74, 6) is -0.353. The summed E-state index contributed by atoms with van der Waals surface area (Å²) in [7, 11) is 0. The number of hydrogen-bond acceptors (Lipinski definition) is 1. The fraction of sp³-hybridized carbons (Fsp3) is 0.571. The molecular weight excluding hydrogens is 237 g/mol. The van der Waals surface area contributed by atoms with E-state index in [0.29, 0.717) is 6.04 Å². The van der Waals surface area contributed by atoms with Gasteiger partial charge in [-0.1, -0.05) is 44.4 Å². The molecule has 0 saturated heterocycles. The third kappa shape index (κ3) is 5.05. The van der Waals surface area contributed by atoms with Crippen LogP contribution in [0.2, 0.25) is 5.02 Å². The minimum absolute atomic E-state index is 0.200. The Hall–Kier alpha value is -0.600. The number of unbranched alkanes of at least 4 members (excludes halogenated alkanes) is 1. The van der Waals surface area contributed by atoms with E-state index < -0.39 is 0 Å². The van der Waals surface area contributed by atoms with Crippen molar-refractivity contribution >= 4 is 11.6 Å². The van der Waals surface area contributed by atoms with Gasteiger partial charge in [-0.3, -0.25) is 0 Å². The monoisotopic (exact) mass is 257 g/mol. The highest BCUT2D eigenvalue weighted by Gasteiger charge is 2.06. The molecule has 1 aromatic carbocycles. The lowest BCUT2D eigenvalue weighted by atomic mass is 10.1. The SMILES string of the molecule is CCCCC(CC)NCc1ccc(F)c(Cl)c1. The van der Waals surface area contributed by atoms with Crippen LogP contribution in [0, 0.1) is 5.82 Å². The Morgan fingerprint density at radius 3 is 2.71 bits per heavy atom. The third-order valence-electron chi connectivity index (χ3n) is 2.98. The summed E-state index contributed by atoms with van der Waals surface area (Å²) in [6.45, 7) is 5.14. The summed E-state index contributed by atoms with van der Waals surface area (Å²) in [6, 6.07) is 5.43. The van der Waals surface area contributed by atoms with Crippen molar-refractivity contribution in [2.75, 3.05) is 0 Å². The van der Waals surface area contributed by atoms with Gasteiger partial charge in [0, 0.05) is 12.6 Å². The molecule has 0 aromatic heterocycles. The Morgan fingerprint density at radius 1 is 1.35 bits per heavy atom. The number of nitrogens with one attached hydrogen (secondary N) is 1. The van der Waals surface area contributed by atoms with E-state index in [2.05, 4.69) is 19.2 Å². The van der Waals surface area contributed by atoms with Crippen molar-refractivity contribution in [1.29, 1.82) is 0 Å². The van der Waals surface area contributed by atoms with Gasteiger partial charge in [-0.15, -0.1) is 0 Å². The van der Waals surface area contributed by atoms with E-state index in [4.69, 9.17) is 11.6 Å². The van der Waals surface area contributed by atoms with Crippen LogP contribution in [-0.2, 0) is 6.54 Å². The maximum absolute atomic E-state index is 13.0. The predicted molar refractivity (Wildman–Crippen MR) is 71.9 cm³/mol. The van der Waals surface area contributed by atoms with Gasteiger partial charge in [-0.25, -0.2) is 4.39 Å². The first kappa shape index (κ1) is 14.5. The Kier molecular flexibility index (Phi) is 6.53. The van der Waals surface area contributed by atoms with Gasteiger partial charge in [-0.2, -0.15) is 0 Å². The van der Waals surface area contributed by atoms with Crippen molar-refractivity contribution in [3.63, 3.8) is 0 Å². The van der Waals surface area contributed by atoms with Crippen LogP contribution < -0.4 is 5.32 Å². The minimum atomic E-state index is -0.353. The lowest BCUT2D eigenvalue weighted by molar-refractivity contribution is 0.452. The lowest BCUT2D eigenvalue weighted by Crippen LogP contribution is -2.27. The second-order valence-electron chi connectivity index (χ2n) is 4.38. The summed E-state index contributed by atoms with van der Waals surface area (Å²) < 4.78 is 13.0. The molecule has 96 valence electrons. The molecule has 0 aliphatic carbocycles. The van der Waals surface area contributed by atoms with Crippen LogP contribution in [0.5, 0.6) is 0 Å². The van der Waals surface area contributed by atoms with Gasteiger partial charge < -0.3 is 5.32 Å². The molecule has 1 rings (SSSR count). The highest BCUT2D eigenvalue weighted by molar-refractivity contribution is 6.30. The Labute approximate surface area is 108 Å².